The van der Waals surface area contributed by atoms with Crippen LogP contribution in [0.4, 0.5) is 5.82 Å². The molecule has 2 aromatic heterocycles. The topological polar surface area (TPSA) is 108 Å². The standard InChI is InChI=1S/C21H25N3O3S/c1-21(2,3)13-6-4-12(5-7-13)17-8-15-18(28-17)16(19(22)27)9-23-20(15)24-14(10-25)11-26/h4-9,14,25-26H,10-11H2,1-3H3,(H2,22,27)(H,23,24). The molecule has 0 saturated heterocycles. The zero-order valence-electron chi connectivity index (χ0n) is 16.2. The molecule has 0 bridgehead atoms. The fraction of sp³-hybridized carbons (Fsp3) is 0.333. The van der Waals surface area contributed by atoms with Crippen LogP contribution >= 0.6 is 11.3 Å². The lowest BCUT2D eigenvalue weighted by molar-refractivity contribution is 0.100. The number of fused-ring (bicyclic) bond motifs is 1. The molecule has 0 atom stereocenters. The molecule has 148 valence electrons. The first-order valence-corrected chi connectivity index (χ1v) is 9.87. The Kier molecular flexibility index (Phi) is 5.69. The van der Waals surface area contributed by atoms with E-state index in [9.17, 15) is 15.0 Å². The fourth-order valence-electron chi connectivity index (χ4n) is 2.93. The number of aliphatic hydroxyl groups is 2. The first kappa shape index (κ1) is 20.3. The van der Waals surface area contributed by atoms with E-state index in [1.54, 1.807) is 0 Å². The van der Waals surface area contributed by atoms with Crippen molar-refractivity contribution in [3.8, 4) is 10.4 Å². The monoisotopic (exact) mass is 399 g/mol. The second-order valence-electron chi connectivity index (χ2n) is 7.77. The molecule has 0 aliphatic heterocycles. The average molecular weight is 400 g/mol. The number of pyridine rings is 1. The minimum atomic E-state index is -0.540. The molecule has 7 heteroatoms. The Bertz CT molecular complexity index is 987. The van der Waals surface area contributed by atoms with Gasteiger partial charge in [0.25, 0.3) is 5.91 Å². The quantitative estimate of drug-likeness (QED) is 0.509. The summed E-state index contributed by atoms with van der Waals surface area (Å²) in [4.78, 5) is 17.1. The second kappa shape index (κ2) is 7.87. The summed E-state index contributed by atoms with van der Waals surface area (Å²) in [6.07, 6.45) is 1.43. The van der Waals surface area contributed by atoms with Gasteiger partial charge in [-0.15, -0.1) is 11.3 Å². The third-order valence-electron chi connectivity index (χ3n) is 4.64. The van der Waals surface area contributed by atoms with E-state index in [1.165, 1.54) is 23.1 Å². The predicted octanol–water partition coefficient (Wildman–Crippen LogP) is 3.12. The predicted molar refractivity (Wildman–Crippen MR) is 114 cm³/mol. The number of carbonyl (C=O) groups excluding carboxylic acids is 1. The van der Waals surface area contributed by atoms with Crippen LogP contribution < -0.4 is 11.1 Å². The Morgan fingerprint density at radius 2 is 1.86 bits per heavy atom. The van der Waals surface area contributed by atoms with E-state index < -0.39 is 11.9 Å². The minimum Gasteiger partial charge on any atom is -0.394 e. The Morgan fingerprint density at radius 1 is 1.21 bits per heavy atom. The van der Waals surface area contributed by atoms with Crippen LogP contribution in [0.1, 0.15) is 36.7 Å². The highest BCUT2D eigenvalue weighted by Crippen LogP contribution is 2.38. The van der Waals surface area contributed by atoms with Gasteiger partial charge in [0.05, 0.1) is 29.5 Å². The zero-order valence-corrected chi connectivity index (χ0v) is 17.0. The van der Waals surface area contributed by atoms with Gasteiger partial charge in [-0.05, 0) is 22.6 Å². The average Bonchev–Trinajstić information content (AvgIpc) is 3.10. The molecule has 5 N–H and O–H groups in total. The van der Waals surface area contributed by atoms with Crippen LogP contribution in [0, 0.1) is 0 Å². The van der Waals surface area contributed by atoms with Crippen LogP contribution in [0.3, 0.4) is 0 Å². The number of anilines is 1. The van der Waals surface area contributed by atoms with Gasteiger partial charge in [0, 0.05) is 16.5 Å². The number of rotatable bonds is 6. The molecule has 0 aliphatic rings. The highest BCUT2D eigenvalue weighted by atomic mass is 32.1. The summed E-state index contributed by atoms with van der Waals surface area (Å²) >= 11 is 1.47. The summed E-state index contributed by atoms with van der Waals surface area (Å²) in [5, 5.41) is 22.5. The van der Waals surface area contributed by atoms with Crippen molar-refractivity contribution in [2.24, 2.45) is 5.73 Å². The third-order valence-corrected chi connectivity index (χ3v) is 5.85. The van der Waals surface area contributed by atoms with Crippen LogP contribution in [-0.4, -0.2) is 40.4 Å². The summed E-state index contributed by atoms with van der Waals surface area (Å²) in [6, 6.07) is 9.78. The van der Waals surface area contributed by atoms with Gasteiger partial charge in [0.15, 0.2) is 0 Å². The summed E-state index contributed by atoms with van der Waals surface area (Å²) in [5.74, 6) is -0.0386. The van der Waals surface area contributed by atoms with Crippen molar-refractivity contribution < 1.29 is 15.0 Å². The number of primary amides is 1. The maximum atomic E-state index is 11.9. The van der Waals surface area contributed by atoms with Crippen LogP contribution in [-0.2, 0) is 5.41 Å². The molecule has 0 radical (unpaired) electrons. The molecule has 1 amide bonds. The van der Waals surface area contributed by atoms with E-state index in [1.807, 2.05) is 6.07 Å². The van der Waals surface area contributed by atoms with Gasteiger partial charge < -0.3 is 21.3 Å². The molecule has 0 spiro atoms. The van der Waals surface area contributed by atoms with Gasteiger partial charge in [0.1, 0.15) is 5.82 Å². The fourth-order valence-corrected chi connectivity index (χ4v) is 4.11. The summed E-state index contributed by atoms with van der Waals surface area (Å²) in [5.41, 5.74) is 8.23. The first-order chi connectivity index (χ1) is 13.2. The lowest BCUT2D eigenvalue weighted by Crippen LogP contribution is -2.28. The molecular weight excluding hydrogens is 374 g/mol. The molecule has 0 saturated carbocycles. The van der Waals surface area contributed by atoms with Gasteiger partial charge in [0.2, 0.25) is 0 Å². The van der Waals surface area contributed by atoms with Crippen molar-refractivity contribution in [3.05, 3.63) is 47.7 Å². The van der Waals surface area contributed by atoms with E-state index in [2.05, 4.69) is 55.3 Å². The van der Waals surface area contributed by atoms with E-state index in [0.717, 1.165) is 20.5 Å². The number of amides is 1. The number of carbonyl (C=O) groups is 1. The minimum absolute atomic E-state index is 0.0719. The highest BCUT2D eigenvalue weighted by Gasteiger charge is 2.18. The van der Waals surface area contributed by atoms with E-state index >= 15 is 0 Å². The van der Waals surface area contributed by atoms with Crippen LogP contribution in [0.15, 0.2) is 36.5 Å². The number of aromatic nitrogens is 1. The lowest BCUT2D eigenvalue weighted by Gasteiger charge is -2.18. The van der Waals surface area contributed by atoms with Gasteiger partial charge >= 0.3 is 0 Å². The number of hydrogen-bond donors (Lipinski definition) is 4. The maximum Gasteiger partial charge on any atom is 0.251 e. The van der Waals surface area contributed by atoms with Gasteiger partial charge in [-0.2, -0.15) is 0 Å². The summed E-state index contributed by atoms with van der Waals surface area (Å²) in [7, 11) is 0. The number of hydrogen-bond acceptors (Lipinski definition) is 6. The molecule has 0 fully saturated rings. The molecule has 3 aromatic rings. The molecule has 2 heterocycles. The molecular formula is C21H25N3O3S. The van der Waals surface area contributed by atoms with Gasteiger partial charge in [-0.25, -0.2) is 4.98 Å². The van der Waals surface area contributed by atoms with Gasteiger partial charge in [-0.1, -0.05) is 45.0 Å². The molecule has 0 aliphatic carbocycles. The van der Waals surface area contributed by atoms with Crippen molar-refractivity contribution in [3.63, 3.8) is 0 Å². The maximum absolute atomic E-state index is 11.9. The van der Waals surface area contributed by atoms with E-state index in [4.69, 9.17) is 5.73 Å². The largest absolute Gasteiger partial charge is 0.394 e. The lowest BCUT2D eigenvalue weighted by atomic mass is 9.86. The third kappa shape index (κ3) is 4.01. The van der Waals surface area contributed by atoms with Gasteiger partial charge in [-0.3, -0.25) is 4.79 Å². The van der Waals surface area contributed by atoms with Crippen molar-refractivity contribution in [1.82, 2.24) is 4.98 Å². The number of thiophene rings is 1. The number of aliphatic hydroxyl groups excluding tert-OH is 2. The Hall–Kier alpha value is -2.48. The normalized spacial score (nSPS) is 11.9. The summed E-state index contributed by atoms with van der Waals surface area (Å²) in [6.45, 7) is 6.04. The van der Waals surface area contributed by atoms with Crippen LogP contribution in [0.2, 0.25) is 0 Å². The Labute approximate surface area is 168 Å². The number of nitrogens with two attached hydrogens (primary N) is 1. The van der Waals surface area contributed by atoms with Crippen LogP contribution in [0.25, 0.3) is 20.5 Å². The van der Waals surface area contributed by atoms with Crippen molar-refractivity contribution >= 4 is 33.1 Å². The van der Waals surface area contributed by atoms with Crippen molar-refractivity contribution in [1.29, 1.82) is 0 Å². The smallest absolute Gasteiger partial charge is 0.251 e. The van der Waals surface area contributed by atoms with E-state index in [-0.39, 0.29) is 18.6 Å². The SMILES string of the molecule is CC(C)(C)c1ccc(-c2cc3c(NC(CO)CO)ncc(C(N)=O)c3s2)cc1. The molecule has 3 rings (SSSR count). The Balaban J connectivity index is 2.09. The number of benzene rings is 1. The molecule has 28 heavy (non-hydrogen) atoms. The number of nitrogens with one attached hydrogen (secondary N) is 1. The molecule has 6 nitrogen and oxygen atoms in total. The second-order valence-corrected chi connectivity index (χ2v) is 8.82. The number of nitrogens with zero attached hydrogens (tertiary/aromatic N) is 1. The Morgan fingerprint density at radius 3 is 2.39 bits per heavy atom. The first-order valence-electron chi connectivity index (χ1n) is 9.06. The molecule has 0 unspecified atom stereocenters. The van der Waals surface area contributed by atoms with E-state index in [0.29, 0.717) is 11.4 Å². The van der Waals surface area contributed by atoms with Crippen molar-refractivity contribution in [2.75, 3.05) is 18.5 Å². The zero-order chi connectivity index (χ0) is 20.5. The molecule has 1 aromatic carbocycles. The highest BCUT2D eigenvalue weighted by molar-refractivity contribution is 7.22. The summed E-state index contributed by atoms with van der Waals surface area (Å²) < 4.78 is 0.731. The van der Waals surface area contributed by atoms with Crippen molar-refractivity contribution in [2.45, 2.75) is 32.2 Å². The van der Waals surface area contributed by atoms with Crippen LogP contribution in [0.5, 0.6) is 0 Å².